The van der Waals surface area contributed by atoms with E-state index in [-0.39, 0.29) is 16.9 Å². The quantitative estimate of drug-likeness (QED) is 0.597. The molecule has 0 amide bonds. The predicted molar refractivity (Wildman–Crippen MR) is 53.6 cm³/mol. The number of carbonyl (C=O) groups is 2. The molecule has 0 radical (unpaired) electrons. The first-order chi connectivity index (χ1) is 7.48. The Labute approximate surface area is 90.3 Å². The minimum absolute atomic E-state index is 0.118. The molecule has 0 saturated carbocycles. The minimum Gasteiger partial charge on any atom is -0.507 e. The Balaban J connectivity index is 2.77. The summed E-state index contributed by atoms with van der Waals surface area (Å²) in [6.45, 7) is 0. The van der Waals surface area contributed by atoms with Crippen LogP contribution in [0.4, 0.5) is 0 Å². The fourth-order valence-electron chi connectivity index (χ4n) is 1.68. The van der Waals surface area contributed by atoms with Crippen molar-refractivity contribution in [3.63, 3.8) is 0 Å². The number of hydrogen-bond donors (Lipinski definition) is 3. The van der Waals surface area contributed by atoms with Crippen molar-refractivity contribution in [2.45, 2.75) is 5.60 Å². The molecule has 0 saturated heterocycles. The maximum atomic E-state index is 11.5. The molecular formula is C11H8O5. The molecule has 0 aromatic heterocycles. The highest BCUT2D eigenvalue weighted by molar-refractivity contribution is 6.16. The van der Waals surface area contributed by atoms with E-state index in [0.717, 1.165) is 6.08 Å². The van der Waals surface area contributed by atoms with E-state index in [2.05, 4.69) is 0 Å². The number of carboxylic acid groups (broad SMARTS) is 1. The molecule has 0 bridgehead atoms. The van der Waals surface area contributed by atoms with Crippen molar-refractivity contribution in [1.29, 1.82) is 0 Å². The molecule has 1 aromatic carbocycles. The lowest BCUT2D eigenvalue weighted by Gasteiger charge is -2.26. The van der Waals surface area contributed by atoms with Crippen LogP contribution < -0.4 is 0 Å². The molecular weight excluding hydrogens is 212 g/mol. The largest absolute Gasteiger partial charge is 0.507 e. The normalized spacial score (nSPS) is 23.6. The Morgan fingerprint density at radius 2 is 1.88 bits per heavy atom. The van der Waals surface area contributed by atoms with Crippen LogP contribution in [0.5, 0.6) is 0 Å². The zero-order valence-electron chi connectivity index (χ0n) is 8.04. The van der Waals surface area contributed by atoms with Crippen LogP contribution in [0.2, 0.25) is 0 Å². The number of fused-ring (bicyclic) bond motifs is 1. The van der Waals surface area contributed by atoms with Crippen LogP contribution in [-0.2, 0) is 15.2 Å². The van der Waals surface area contributed by atoms with Gasteiger partial charge in [-0.1, -0.05) is 24.3 Å². The van der Waals surface area contributed by atoms with Crippen LogP contribution in [0.25, 0.3) is 5.76 Å². The zero-order chi connectivity index (χ0) is 11.9. The standard InChI is InChI=1S/C11H8O5/c12-8-5-9(13)11(16,10(14)15)7-4-2-1-3-6(7)8/h1-5,12,16H,(H,14,15). The third-order valence-electron chi connectivity index (χ3n) is 2.53. The smallest absolute Gasteiger partial charge is 0.348 e. The molecule has 16 heavy (non-hydrogen) atoms. The van der Waals surface area contributed by atoms with Gasteiger partial charge in [0, 0.05) is 17.2 Å². The average molecular weight is 220 g/mol. The van der Waals surface area contributed by atoms with Crippen LogP contribution in [0.15, 0.2) is 30.3 Å². The van der Waals surface area contributed by atoms with Gasteiger partial charge in [0.1, 0.15) is 5.76 Å². The highest BCUT2D eigenvalue weighted by atomic mass is 16.4. The number of benzene rings is 1. The first kappa shape index (κ1) is 10.4. The van der Waals surface area contributed by atoms with Gasteiger partial charge < -0.3 is 15.3 Å². The fourth-order valence-corrected chi connectivity index (χ4v) is 1.68. The maximum Gasteiger partial charge on any atom is 0.348 e. The summed E-state index contributed by atoms with van der Waals surface area (Å²) in [7, 11) is 0. The first-order valence-electron chi connectivity index (χ1n) is 4.48. The number of ketones is 1. The molecule has 1 atom stereocenters. The van der Waals surface area contributed by atoms with E-state index in [1.54, 1.807) is 6.07 Å². The monoisotopic (exact) mass is 220 g/mol. The summed E-state index contributed by atoms with van der Waals surface area (Å²) in [5, 5.41) is 28.3. The van der Waals surface area contributed by atoms with E-state index in [1.807, 2.05) is 0 Å². The summed E-state index contributed by atoms with van der Waals surface area (Å²) >= 11 is 0. The minimum atomic E-state index is -2.61. The van der Waals surface area contributed by atoms with E-state index in [4.69, 9.17) is 5.11 Å². The summed E-state index contributed by atoms with van der Waals surface area (Å²) in [6.07, 6.45) is 0.719. The number of aliphatic hydroxyl groups is 2. The van der Waals surface area contributed by atoms with Gasteiger partial charge in [0.2, 0.25) is 5.78 Å². The molecule has 3 N–H and O–H groups in total. The summed E-state index contributed by atoms with van der Waals surface area (Å²) in [5.41, 5.74) is -2.58. The van der Waals surface area contributed by atoms with Crippen molar-refractivity contribution in [1.82, 2.24) is 0 Å². The van der Waals surface area contributed by atoms with Gasteiger partial charge in [-0.05, 0) is 0 Å². The van der Waals surface area contributed by atoms with Gasteiger partial charge >= 0.3 is 5.97 Å². The third-order valence-corrected chi connectivity index (χ3v) is 2.53. The van der Waals surface area contributed by atoms with E-state index in [1.165, 1.54) is 18.2 Å². The molecule has 5 heteroatoms. The lowest BCUT2D eigenvalue weighted by molar-refractivity contribution is -0.164. The van der Waals surface area contributed by atoms with Crippen molar-refractivity contribution >= 4 is 17.5 Å². The number of aliphatic carboxylic acids is 1. The Morgan fingerprint density at radius 3 is 2.50 bits per heavy atom. The fraction of sp³-hybridized carbons (Fsp3) is 0.0909. The Morgan fingerprint density at radius 1 is 1.25 bits per heavy atom. The molecule has 1 aliphatic carbocycles. The van der Waals surface area contributed by atoms with Gasteiger partial charge in [-0.2, -0.15) is 0 Å². The second-order valence-corrected chi connectivity index (χ2v) is 3.45. The molecule has 2 rings (SSSR count). The first-order valence-corrected chi connectivity index (χ1v) is 4.48. The second kappa shape index (κ2) is 3.18. The van der Waals surface area contributed by atoms with Gasteiger partial charge in [-0.15, -0.1) is 0 Å². The van der Waals surface area contributed by atoms with Gasteiger partial charge in [0.05, 0.1) is 0 Å². The highest BCUT2D eigenvalue weighted by Crippen LogP contribution is 2.34. The van der Waals surface area contributed by atoms with Gasteiger partial charge in [0.15, 0.2) is 0 Å². The molecule has 5 nitrogen and oxygen atoms in total. The Bertz CT molecular complexity index is 517. The lowest BCUT2D eigenvalue weighted by atomic mass is 9.81. The second-order valence-electron chi connectivity index (χ2n) is 3.45. The molecule has 1 aliphatic rings. The van der Waals surface area contributed by atoms with E-state index < -0.39 is 17.4 Å². The van der Waals surface area contributed by atoms with E-state index >= 15 is 0 Å². The summed E-state index contributed by atoms with van der Waals surface area (Å²) < 4.78 is 0. The van der Waals surface area contributed by atoms with Gasteiger partial charge in [-0.3, -0.25) is 4.79 Å². The number of aliphatic hydroxyl groups excluding tert-OH is 1. The number of hydrogen-bond acceptors (Lipinski definition) is 4. The van der Waals surface area contributed by atoms with Crippen LogP contribution in [0.1, 0.15) is 11.1 Å². The SMILES string of the molecule is O=C(O)C1(O)C(=O)C=C(O)c2ccccc21. The zero-order valence-corrected chi connectivity index (χ0v) is 8.04. The summed E-state index contributed by atoms with van der Waals surface area (Å²) in [5.74, 6) is -3.06. The third kappa shape index (κ3) is 1.15. The van der Waals surface area contributed by atoms with Crippen LogP contribution in [0.3, 0.4) is 0 Å². The Hall–Kier alpha value is -2.14. The van der Waals surface area contributed by atoms with Gasteiger partial charge in [0.25, 0.3) is 5.60 Å². The predicted octanol–water partition coefficient (Wildman–Crippen LogP) is 0.440. The lowest BCUT2D eigenvalue weighted by Crippen LogP contribution is -2.45. The van der Waals surface area contributed by atoms with Crippen LogP contribution >= 0.6 is 0 Å². The van der Waals surface area contributed by atoms with Crippen molar-refractivity contribution in [2.24, 2.45) is 0 Å². The average Bonchev–Trinajstić information content (AvgIpc) is 2.26. The molecule has 1 aromatic rings. The van der Waals surface area contributed by atoms with Crippen LogP contribution in [0, 0.1) is 0 Å². The van der Waals surface area contributed by atoms with Crippen molar-refractivity contribution in [2.75, 3.05) is 0 Å². The topological polar surface area (TPSA) is 94.8 Å². The molecule has 0 fully saturated rings. The molecule has 0 spiro atoms. The van der Waals surface area contributed by atoms with E-state index in [9.17, 15) is 19.8 Å². The van der Waals surface area contributed by atoms with E-state index in [0.29, 0.717) is 0 Å². The Kier molecular flexibility index (Phi) is 2.06. The van der Waals surface area contributed by atoms with Gasteiger partial charge in [-0.25, -0.2) is 4.79 Å². The number of carboxylic acids is 1. The maximum absolute atomic E-state index is 11.5. The highest BCUT2D eigenvalue weighted by Gasteiger charge is 2.49. The summed E-state index contributed by atoms with van der Waals surface area (Å²) in [6, 6.07) is 5.78. The van der Waals surface area contributed by atoms with Crippen molar-refractivity contribution in [3.8, 4) is 0 Å². The molecule has 1 unspecified atom stereocenters. The summed E-state index contributed by atoms with van der Waals surface area (Å²) in [4.78, 5) is 22.4. The number of carbonyl (C=O) groups excluding carboxylic acids is 1. The van der Waals surface area contributed by atoms with Crippen molar-refractivity contribution < 1.29 is 24.9 Å². The van der Waals surface area contributed by atoms with Crippen molar-refractivity contribution in [3.05, 3.63) is 41.5 Å². The molecule has 0 aliphatic heterocycles. The molecule has 82 valence electrons. The number of rotatable bonds is 1. The molecule has 0 heterocycles. The van der Waals surface area contributed by atoms with Crippen LogP contribution in [-0.4, -0.2) is 27.1 Å².